The van der Waals surface area contributed by atoms with Crippen molar-refractivity contribution in [3.63, 3.8) is 0 Å². The van der Waals surface area contributed by atoms with Gasteiger partial charge in [0.05, 0.1) is 32.5 Å². The molecule has 0 bridgehead atoms. The lowest BCUT2D eigenvalue weighted by Gasteiger charge is -2.18. The molecule has 1 N–H and O–H groups in total. The zero-order chi connectivity index (χ0) is 21.1. The first kappa shape index (κ1) is 20.0. The number of carbonyl (C=O) groups excluding carboxylic acids is 2. The Labute approximate surface area is 168 Å². The number of phenols is 1. The maximum absolute atomic E-state index is 13.2. The van der Waals surface area contributed by atoms with Gasteiger partial charge in [0.2, 0.25) is 0 Å². The van der Waals surface area contributed by atoms with Crippen LogP contribution in [0.2, 0.25) is 0 Å². The summed E-state index contributed by atoms with van der Waals surface area (Å²) in [5, 5.41) is 9.79. The predicted octanol–water partition coefficient (Wildman–Crippen LogP) is 3.29. The fraction of sp³-hybridized carbons (Fsp3) is 0.182. The van der Waals surface area contributed by atoms with Gasteiger partial charge in [0.15, 0.2) is 11.5 Å². The van der Waals surface area contributed by atoms with Crippen LogP contribution in [0.1, 0.15) is 12.5 Å². The van der Waals surface area contributed by atoms with Gasteiger partial charge in [-0.05, 0) is 55.0 Å². The first-order valence-corrected chi connectivity index (χ1v) is 8.78. The molecule has 0 radical (unpaired) electrons. The topological polar surface area (TPSA) is 85.3 Å². The summed E-state index contributed by atoms with van der Waals surface area (Å²) in [5.74, 6) is -0.0737. The minimum Gasteiger partial charge on any atom is -0.504 e. The third-order valence-corrected chi connectivity index (χ3v) is 4.63. The summed E-state index contributed by atoms with van der Waals surface area (Å²) in [4.78, 5) is 27.1. The van der Waals surface area contributed by atoms with Crippen molar-refractivity contribution < 1.29 is 28.9 Å². The second-order valence-corrected chi connectivity index (χ2v) is 6.28. The van der Waals surface area contributed by atoms with Gasteiger partial charge in [-0.2, -0.15) is 0 Å². The molecule has 1 aliphatic heterocycles. The minimum absolute atomic E-state index is 0.0211. The molecular weight excluding hydrogens is 374 g/mol. The summed E-state index contributed by atoms with van der Waals surface area (Å²) < 4.78 is 15.2. The normalized spacial score (nSPS) is 15.1. The summed E-state index contributed by atoms with van der Waals surface area (Å²) in [6, 6.07) is 11.6. The smallest absolute Gasteiger partial charge is 0.340 e. The summed E-state index contributed by atoms with van der Waals surface area (Å²) >= 11 is 0. The van der Waals surface area contributed by atoms with Crippen molar-refractivity contribution in [2.24, 2.45) is 0 Å². The summed E-state index contributed by atoms with van der Waals surface area (Å²) in [5.41, 5.74) is 2.03. The van der Waals surface area contributed by atoms with E-state index >= 15 is 0 Å². The van der Waals surface area contributed by atoms with Crippen LogP contribution in [-0.4, -0.2) is 38.3 Å². The average molecular weight is 395 g/mol. The third-order valence-electron chi connectivity index (χ3n) is 4.63. The zero-order valence-electron chi connectivity index (χ0n) is 16.6. The van der Waals surface area contributed by atoms with Gasteiger partial charge in [-0.15, -0.1) is 0 Å². The number of methoxy groups -OCH3 is 3. The molecule has 150 valence electrons. The Morgan fingerprint density at radius 1 is 1.03 bits per heavy atom. The van der Waals surface area contributed by atoms with Gasteiger partial charge in [0, 0.05) is 11.4 Å². The van der Waals surface area contributed by atoms with Gasteiger partial charge in [0.25, 0.3) is 5.91 Å². The monoisotopic (exact) mass is 395 g/mol. The Balaban J connectivity index is 2.11. The molecule has 0 saturated heterocycles. The van der Waals surface area contributed by atoms with Crippen LogP contribution >= 0.6 is 0 Å². The molecule has 1 heterocycles. The molecule has 1 aliphatic rings. The number of anilines is 1. The van der Waals surface area contributed by atoms with Crippen LogP contribution in [-0.2, 0) is 14.3 Å². The Morgan fingerprint density at radius 2 is 1.72 bits per heavy atom. The predicted molar refractivity (Wildman–Crippen MR) is 108 cm³/mol. The molecule has 0 fully saturated rings. The largest absolute Gasteiger partial charge is 0.504 e. The molecule has 0 aromatic heterocycles. The van der Waals surface area contributed by atoms with Crippen LogP contribution in [0.5, 0.6) is 17.2 Å². The van der Waals surface area contributed by atoms with Crippen LogP contribution in [0.25, 0.3) is 6.08 Å². The number of esters is 1. The van der Waals surface area contributed by atoms with Gasteiger partial charge < -0.3 is 19.3 Å². The fourth-order valence-electron chi connectivity index (χ4n) is 3.17. The van der Waals surface area contributed by atoms with E-state index in [1.807, 2.05) is 0 Å². The highest BCUT2D eigenvalue weighted by molar-refractivity contribution is 6.23. The van der Waals surface area contributed by atoms with Crippen molar-refractivity contribution in [1.29, 1.82) is 0 Å². The van der Waals surface area contributed by atoms with Crippen LogP contribution in [0.15, 0.2) is 59.3 Å². The molecule has 2 aromatic rings. The van der Waals surface area contributed by atoms with E-state index in [1.54, 1.807) is 56.5 Å². The number of carbonyl (C=O) groups is 2. The molecule has 0 saturated carbocycles. The molecule has 0 atom stereocenters. The number of amides is 1. The Hall–Kier alpha value is -3.74. The zero-order valence-corrected chi connectivity index (χ0v) is 16.6. The number of hydrogen-bond acceptors (Lipinski definition) is 6. The quantitative estimate of drug-likeness (QED) is 0.618. The molecule has 7 nitrogen and oxygen atoms in total. The highest BCUT2D eigenvalue weighted by atomic mass is 16.5. The lowest BCUT2D eigenvalue weighted by Crippen LogP contribution is -2.24. The number of aromatic hydroxyl groups is 1. The maximum Gasteiger partial charge on any atom is 0.340 e. The number of benzene rings is 2. The molecule has 29 heavy (non-hydrogen) atoms. The standard InChI is InChI=1S/C22H21NO6/c1-13-20(22(26)29-4)17(11-14-5-10-18(24)19(12-14)28-3)21(25)23(13)15-6-8-16(27-2)9-7-15/h5-12,24H,1-4H3/b17-11-. The van der Waals surface area contributed by atoms with Gasteiger partial charge in [-0.1, -0.05) is 6.07 Å². The number of phenolic OH excluding ortho intramolecular Hbond substituents is 1. The molecular formula is C22H21NO6. The van der Waals surface area contributed by atoms with Gasteiger partial charge in [0.1, 0.15) is 5.75 Å². The second-order valence-electron chi connectivity index (χ2n) is 6.28. The summed E-state index contributed by atoms with van der Waals surface area (Å²) in [6.07, 6.45) is 1.57. The minimum atomic E-state index is -0.608. The Bertz CT molecular complexity index is 1020. The van der Waals surface area contributed by atoms with E-state index in [1.165, 1.54) is 25.2 Å². The van der Waals surface area contributed by atoms with Crippen molar-refractivity contribution in [3.8, 4) is 17.2 Å². The third kappa shape index (κ3) is 3.67. The molecule has 2 aromatic carbocycles. The molecule has 3 rings (SSSR count). The Morgan fingerprint density at radius 3 is 2.31 bits per heavy atom. The SMILES string of the molecule is COC(=O)C1=C(C)N(c2ccc(OC)cc2)C(=O)/C1=C\c1ccc(O)c(OC)c1. The van der Waals surface area contributed by atoms with E-state index in [9.17, 15) is 14.7 Å². The lowest BCUT2D eigenvalue weighted by molar-refractivity contribution is -0.136. The highest BCUT2D eigenvalue weighted by Crippen LogP contribution is 2.36. The molecule has 0 aliphatic carbocycles. The molecule has 1 amide bonds. The van der Waals surface area contributed by atoms with Crippen LogP contribution < -0.4 is 14.4 Å². The van der Waals surface area contributed by atoms with Crippen molar-refractivity contribution >= 4 is 23.6 Å². The van der Waals surface area contributed by atoms with Gasteiger partial charge in [-0.3, -0.25) is 9.69 Å². The molecule has 7 heteroatoms. The van der Waals surface area contributed by atoms with Crippen molar-refractivity contribution in [2.75, 3.05) is 26.2 Å². The van der Waals surface area contributed by atoms with E-state index in [0.717, 1.165) is 0 Å². The van der Waals surface area contributed by atoms with E-state index in [4.69, 9.17) is 14.2 Å². The van der Waals surface area contributed by atoms with Crippen molar-refractivity contribution in [3.05, 3.63) is 64.9 Å². The van der Waals surface area contributed by atoms with E-state index in [2.05, 4.69) is 0 Å². The molecule has 0 spiro atoms. The van der Waals surface area contributed by atoms with Gasteiger partial charge >= 0.3 is 5.97 Å². The second kappa shape index (κ2) is 8.10. The first-order chi connectivity index (χ1) is 13.9. The summed E-state index contributed by atoms with van der Waals surface area (Å²) in [6.45, 7) is 1.69. The lowest BCUT2D eigenvalue weighted by atomic mass is 10.0. The average Bonchev–Trinajstić information content (AvgIpc) is 2.98. The fourth-order valence-corrected chi connectivity index (χ4v) is 3.17. The Kier molecular flexibility index (Phi) is 5.59. The highest BCUT2D eigenvalue weighted by Gasteiger charge is 2.37. The number of hydrogen-bond donors (Lipinski definition) is 1. The van der Waals surface area contributed by atoms with E-state index in [-0.39, 0.29) is 28.6 Å². The van der Waals surface area contributed by atoms with Crippen LogP contribution in [0, 0.1) is 0 Å². The van der Waals surface area contributed by atoms with Crippen LogP contribution in [0.4, 0.5) is 5.69 Å². The number of rotatable bonds is 5. The number of allylic oxidation sites excluding steroid dienone is 1. The van der Waals surface area contributed by atoms with E-state index < -0.39 is 5.97 Å². The van der Waals surface area contributed by atoms with Gasteiger partial charge in [-0.25, -0.2) is 4.79 Å². The van der Waals surface area contributed by atoms with Crippen molar-refractivity contribution in [2.45, 2.75) is 6.92 Å². The molecule has 0 unspecified atom stereocenters. The summed E-state index contributed by atoms with van der Waals surface area (Å²) in [7, 11) is 4.26. The number of nitrogens with zero attached hydrogens (tertiary/aromatic N) is 1. The van der Waals surface area contributed by atoms with Crippen LogP contribution in [0.3, 0.4) is 0 Å². The number of ether oxygens (including phenoxy) is 3. The first-order valence-electron chi connectivity index (χ1n) is 8.78. The van der Waals surface area contributed by atoms with Crippen molar-refractivity contribution in [1.82, 2.24) is 0 Å². The van der Waals surface area contributed by atoms with E-state index in [0.29, 0.717) is 22.7 Å². The maximum atomic E-state index is 13.2.